The monoisotopic (exact) mass is 437 g/mol. The molecule has 162 valence electrons. The average molecular weight is 437 g/mol. The molecule has 1 fully saturated rings. The number of alkyl halides is 3. The lowest BCUT2D eigenvalue weighted by atomic mass is 9.76. The summed E-state index contributed by atoms with van der Waals surface area (Å²) in [6.45, 7) is 0.374. The number of anilines is 1. The molecule has 6 nitrogen and oxygen atoms in total. The van der Waals surface area contributed by atoms with E-state index in [2.05, 4.69) is 15.3 Å². The molecule has 1 saturated heterocycles. The number of halogens is 5. The fraction of sp³-hybridized carbons (Fsp3) is 0.250. The number of aromatic nitrogens is 2. The highest BCUT2D eigenvalue weighted by molar-refractivity contribution is 5.91. The minimum Gasteiger partial charge on any atom is -0.383 e. The maximum Gasteiger partial charge on any atom is 0.433 e. The molecule has 0 aliphatic carbocycles. The normalized spacial score (nSPS) is 15.6. The Kier molecular flexibility index (Phi) is 4.91. The van der Waals surface area contributed by atoms with Gasteiger partial charge in [0.05, 0.1) is 22.8 Å². The molecular weight excluding hydrogens is 421 g/mol. The lowest BCUT2D eigenvalue weighted by Crippen LogP contribution is -2.65. The molecule has 0 radical (unpaired) electrons. The van der Waals surface area contributed by atoms with Gasteiger partial charge in [0.15, 0.2) is 0 Å². The van der Waals surface area contributed by atoms with Crippen LogP contribution in [0.4, 0.5) is 32.4 Å². The molecule has 3 N–H and O–H groups in total. The fourth-order valence-electron chi connectivity index (χ4n) is 3.65. The molecular formula is C20H16F5N5O. The number of hydrogen-bond acceptors (Lipinski definition) is 4. The third-order valence-electron chi connectivity index (χ3n) is 5.25. The summed E-state index contributed by atoms with van der Waals surface area (Å²) in [7, 11) is 0. The van der Waals surface area contributed by atoms with Crippen molar-refractivity contribution < 1.29 is 26.7 Å². The van der Waals surface area contributed by atoms with Crippen molar-refractivity contribution in [3.8, 4) is 0 Å². The molecule has 4 rings (SSSR count). The van der Waals surface area contributed by atoms with E-state index >= 15 is 0 Å². The lowest BCUT2D eigenvalue weighted by molar-refractivity contribution is -0.140. The van der Waals surface area contributed by atoms with Gasteiger partial charge in [-0.05, 0) is 30.3 Å². The number of carbonyl (C=O) groups is 1. The SMILES string of the molecule is NC(=O)N1CC(CNc2cc(C(F)(F)F)nc3cc(F)ccc23)(c2ccc(F)cn2)C1. The Morgan fingerprint density at radius 2 is 1.84 bits per heavy atom. The molecule has 0 spiro atoms. The van der Waals surface area contributed by atoms with Crippen LogP contribution in [-0.4, -0.2) is 40.5 Å². The number of benzene rings is 1. The second-order valence-electron chi connectivity index (χ2n) is 7.40. The highest BCUT2D eigenvalue weighted by Gasteiger charge is 2.47. The Hall–Kier alpha value is -3.50. The van der Waals surface area contributed by atoms with Crippen molar-refractivity contribution in [2.24, 2.45) is 5.73 Å². The van der Waals surface area contributed by atoms with E-state index in [4.69, 9.17) is 5.73 Å². The van der Waals surface area contributed by atoms with E-state index in [-0.39, 0.29) is 30.8 Å². The van der Waals surface area contributed by atoms with Gasteiger partial charge in [-0.25, -0.2) is 18.6 Å². The van der Waals surface area contributed by atoms with Crippen LogP contribution in [-0.2, 0) is 11.6 Å². The summed E-state index contributed by atoms with van der Waals surface area (Å²) in [5.74, 6) is -1.26. The maximum absolute atomic E-state index is 13.6. The van der Waals surface area contributed by atoms with Crippen LogP contribution >= 0.6 is 0 Å². The van der Waals surface area contributed by atoms with Gasteiger partial charge in [0.1, 0.15) is 17.3 Å². The molecule has 1 aliphatic rings. The molecule has 0 atom stereocenters. The number of nitrogens with two attached hydrogens (primary N) is 1. The van der Waals surface area contributed by atoms with Gasteiger partial charge in [0, 0.05) is 36.8 Å². The second kappa shape index (κ2) is 7.33. The Morgan fingerprint density at radius 3 is 2.45 bits per heavy atom. The smallest absolute Gasteiger partial charge is 0.383 e. The van der Waals surface area contributed by atoms with Gasteiger partial charge < -0.3 is 16.0 Å². The number of hydrogen-bond donors (Lipinski definition) is 2. The van der Waals surface area contributed by atoms with Gasteiger partial charge in [0.25, 0.3) is 0 Å². The number of pyridine rings is 2. The van der Waals surface area contributed by atoms with Gasteiger partial charge in [0.2, 0.25) is 0 Å². The molecule has 1 aromatic carbocycles. The largest absolute Gasteiger partial charge is 0.433 e. The summed E-state index contributed by atoms with van der Waals surface area (Å²) in [5.41, 5.74) is 3.73. The predicted octanol–water partition coefficient (Wildman–Crippen LogP) is 3.67. The Labute approximate surface area is 172 Å². The molecule has 11 heteroatoms. The minimum atomic E-state index is -4.73. The van der Waals surface area contributed by atoms with Crippen LogP contribution in [0.5, 0.6) is 0 Å². The zero-order valence-corrected chi connectivity index (χ0v) is 15.9. The highest BCUT2D eigenvalue weighted by atomic mass is 19.4. The number of likely N-dealkylation sites (tertiary alicyclic amines) is 1. The molecule has 2 amide bonds. The second-order valence-corrected chi connectivity index (χ2v) is 7.40. The number of urea groups is 1. The minimum absolute atomic E-state index is 0.0726. The average Bonchev–Trinajstić information content (AvgIpc) is 2.66. The summed E-state index contributed by atoms with van der Waals surface area (Å²) in [4.78, 5) is 20.4. The van der Waals surface area contributed by atoms with Gasteiger partial charge >= 0.3 is 12.2 Å². The van der Waals surface area contributed by atoms with Gasteiger partial charge in [-0.3, -0.25) is 4.98 Å². The van der Waals surface area contributed by atoms with E-state index in [1.54, 1.807) is 0 Å². The first-order chi connectivity index (χ1) is 14.6. The van der Waals surface area contributed by atoms with Crippen LogP contribution in [0.1, 0.15) is 11.4 Å². The van der Waals surface area contributed by atoms with Crippen LogP contribution in [0.3, 0.4) is 0 Å². The number of amides is 2. The topological polar surface area (TPSA) is 84.1 Å². The highest BCUT2D eigenvalue weighted by Crippen LogP contribution is 2.37. The third kappa shape index (κ3) is 3.94. The molecule has 0 bridgehead atoms. The van der Waals surface area contributed by atoms with E-state index in [9.17, 15) is 26.7 Å². The standard InChI is InChI=1S/C20H16F5N5O/c21-11-1-3-13-14(6-17(20(23,24)25)29-15(13)5-11)28-8-19(9-30(10-19)18(26)31)16-4-2-12(22)7-27-16/h1-7H,8-10H2,(H2,26,31)(H,28,29). The molecule has 2 aromatic heterocycles. The van der Waals surface area contributed by atoms with Crippen molar-refractivity contribution in [2.75, 3.05) is 25.0 Å². The van der Waals surface area contributed by atoms with Crippen molar-refractivity contribution in [1.29, 1.82) is 0 Å². The number of nitrogens with zero attached hydrogens (tertiary/aromatic N) is 3. The number of fused-ring (bicyclic) bond motifs is 1. The lowest BCUT2D eigenvalue weighted by Gasteiger charge is -2.49. The van der Waals surface area contributed by atoms with Gasteiger partial charge in [-0.2, -0.15) is 13.2 Å². The first-order valence-corrected chi connectivity index (χ1v) is 9.15. The van der Waals surface area contributed by atoms with Crippen molar-refractivity contribution in [3.63, 3.8) is 0 Å². The van der Waals surface area contributed by atoms with E-state index in [0.717, 1.165) is 24.4 Å². The fourth-order valence-corrected chi connectivity index (χ4v) is 3.65. The Balaban J connectivity index is 1.70. The van der Waals surface area contributed by atoms with E-state index in [0.29, 0.717) is 11.1 Å². The Bertz CT molecular complexity index is 1140. The van der Waals surface area contributed by atoms with Gasteiger partial charge in [-0.15, -0.1) is 0 Å². The van der Waals surface area contributed by atoms with E-state index in [1.165, 1.54) is 23.1 Å². The molecule has 3 heterocycles. The summed E-state index contributed by atoms with van der Waals surface area (Å²) in [6, 6.07) is 6.24. The quantitative estimate of drug-likeness (QED) is 0.610. The molecule has 0 unspecified atom stereocenters. The van der Waals surface area contributed by atoms with Crippen LogP contribution in [0.2, 0.25) is 0 Å². The summed E-state index contributed by atoms with van der Waals surface area (Å²) in [5, 5.41) is 3.25. The Morgan fingerprint density at radius 1 is 1.13 bits per heavy atom. The molecule has 3 aromatic rings. The number of nitrogens with one attached hydrogen (secondary N) is 1. The van der Waals surface area contributed by atoms with Crippen molar-refractivity contribution in [1.82, 2.24) is 14.9 Å². The molecule has 0 saturated carbocycles. The van der Waals surface area contributed by atoms with E-state index < -0.39 is 35.0 Å². The zero-order chi connectivity index (χ0) is 22.4. The number of rotatable bonds is 4. The van der Waals surface area contributed by atoms with Crippen molar-refractivity contribution >= 4 is 22.6 Å². The predicted molar refractivity (Wildman–Crippen MR) is 102 cm³/mol. The van der Waals surface area contributed by atoms with Crippen LogP contribution < -0.4 is 11.1 Å². The third-order valence-corrected chi connectivity index (χ3v) is 5.25. The van der Waals surface area contributed by atoms with Crippen LogP contribution in [0.25, 0.3) is 10.9 Å². The van der Waals surface area contributed by atoms with Crippen molar-refractivity contribution in [2.45, 2.75) is 11.6 Å². The first kappa shape index (κ1) is 20.8. The molecule has 31 heavy (non-hydrogen) atoms. The summed E-state index contributed by atoms with van der Waals surface area (Å²) < 4.78 is 66.8. The molecule has 1 aliphatic heterocycles. The summed E-state index contributed by atoms with van der Waals surface area (Å²) >= 11 is 0. The van der Waals surface area contributed by atoms with Crippen molar-refractivity contribution in [3.05, 3.63) is 65.6 Å². The zero-order valence-electron chi connectivity index (χ0n) is 15.9. The number of primary amides is 1. The van der Waals surface area contributed by atoms with E-state index in [1.807, 2.05) is 0 Å². The van der Waals surface area contributed by atoms with Gasteiger partial charge in [-0.1, -0.05) is 0 Å². The van der Waals surface area contributed by atoms with Crippen LogP contribution in [0, 0.1) is 11.6 Å². The maximum atomic E-state index is 13.6. The summed E-state index contributed by atoms with van der Waals surface area (Å²) in [6.07, 6.45) is -3.71. The van der Waals surface area contributed by atoms with Crippen LogP contribution in [0.15, 0.2) is 42.6 Å². The first-order valence-electron chi connectivity index (χ1n) is 9.15. The number of carbonyl (C=O) groups excluding carboxylic acids is 1.